The topological polar surface area (TPSA) is 41.1 Å². The minimum absolute atomic E-state index is 0. The van der Waals surface area contributed by atoms with Crippen LogP contribution in [0.25, 0.3) is 0 Å². The molecule has 0 spiro atoms. The van der Waals surface area contributed by atoms with E-state index in [1.165, 1.54) is 12.8 Å². The molecule has 1 aliphatic heterocycles. The lowest BCUT2D eigenvalue weighted by atomic mass is 9.98. The van der Waals surface area contributed by atoms with Gasteiger partial charge in [0.25, 0.3) is 0 Å². The zero-order chi connectivity index (χ0) is 11.4. The van der Waals surface area contributed by atoms with E-state index in [0.717, 1.165) is 37.1 Å². The Bertz CT molecular complexity index is 325. The Morgan fingerprint density at radius 3 is 2.33 bits per heavy atom. The van der Waals surface area contributed by atoms with E-state index < -0.39 is 0 Å². The Hall–Kier alpha value is -0.580. The van der Waals surface area contributed by atoms with Crippen LogP contribution in [0.5, 0.6) is 0 Å². The Morgan fingerprint density at radius 2 is 1.78 bits per heavy atom. The summed E-state index contributed by atoms with van der Waals surface area (Å²) in [5.74, 6) is 1.61. The monoisotopic (exact) mass is 292 g/mol. The number of aromatic nitrogens is 2. The van der Waals surface area contributed by atoms with Crippen molar-refractivity contribution in [2.24, 2.45) is 5.92 Å². The number of halogens is 2. The fourth-order valence-corrected chi connectivity index (χ4v) is 2.12. The van der Waals surface area contributed by atoms with Gasteiger partial charge < -0.3 is 10.2 Å². The van der Waals surface area contributed by atoms with Gasteiger partial charge in [0, 0.05) is 26.0 Å². The highest BCUT2D eigenvalue weighted by Crippen LogP contribution is 2.15. The smallest absolute Gasteiger partial charge is 0.224 e. The molecule has 1 saturated heterocycles. The highest BCUT2D eigenvalue weighted by Gasteiger charge is 2.16. The fourth-order valence-electron chi connectivity index (χ4n) is 2.12. The van der Waals surface area contributed by atoms with Gasteiger partial charge in [-0.2, -0.15) is 0 Å². The van der Waals surface area contributed by atoms with Crippen LogP contribution < -0.4 is 10.2 Å². The van der Waals surface area contributed by atoms with Gasteiger partial charge in [-0.1, -0.05) is 0 Å². The van der Waals surface area contributed by atoms with Gasteiger partial charge in [0.15, 0.2) is 0 Å². The van der Waals surface area contributed by atoms with Gasteiger partial charge >= 0.3 is 0 Å². The molecule has 18 heavy (non-hydrogen) atoms. The van der Waals surface area contributed by atoms with Crippen LogP contribution in [0, 0.1) is 12.8 Å². The summed E-state index contributed by atoms with van der Waals surface area (Å²) in [6.07, 6.45) is 6.27. The van der Waals surface area contributed by atoms with E-state index in [1.807, 2.05) is 19.3 Å². The van der Waals surface area contributed by atoms with Crippen molar-refractivity contribution >= 4 is 30.8 Å². The summed E-state index contributed by atoms with van der Waals surface area (Å²) < 4.78 is 0. The predicted molar refractivity (Wildman–Crippen MR) is 80.1 cm³/mol. The molecule has 4 nitrogen and oxygen atoms in total. The summed E-state index contributed by atoms with van der Waals surface area (Å²) in [7, 11) is 2.08. The maximum Gasteiger partial charge on any atom is 0.224 e. The number of hydrogen-bond donors (Lipinski definition) is 1. The van der Waals surface area contributed by atoms with E-state index in [-0.39, 0.29) is 24.8 Å². The van der Waals surface area contributed by atoms with Crippen molar-refractivity contribution in [1.29, 1.82) is 0 Å². The second-order valence-corrected chi connectivity index (χ2v) is 4.63. The van der Waals surface area contributed by atoms with E-state index >= 15 is 0 Å². The number of anilines is 1. The minimum atomic E-state index is 0. The summed E-state index contributed by atoms with van der Waals surface area (Å²) >= 11 is 0. The third-order valence-electron chi connectivity index (χ3n) is 3.10. The summed E-state index contributed by atoms with van der Waals surface area (Å²) in [4.78, 5) is 10.8. The molecule has 0 bridgehead atoms. The molecule has 104 valence electrons. The van der Waals surface area contributed by atoms with Crippen LogP contribution in [0.3, 0.4) is 0 Å². The van der Waals surface area contributed by atoms with E-state index in [4.69, 9.17) is 0 Å². The molecule has 0 aliphatic carbocycles. The SMILES string of the molecule is Cc1cnc(N(C)CC2CCNCC2)nc1.Cl.Cl. The van der Waals surface area contributed by atoms with Crippen LogP contribution in [0.2, 0.25) is 0 Å². The van der Waals surface area contributed by atoms with E-state index in [1.54, 1.807) is 0 Å². The van der Waals surface area contributed by atoms with Crippen LogP contribution >= 0.6 is 24.8 Å². The second kappa shape index (κ2) is 8.51. The Balaban J connectivity index is 0.00000144. The van der Waals surface area contributed by atoms with Crippen molar-refractivity contribution in [2.75, 3.05) is 31.6 Å². The zero-order valence-electron chi connectivity index (χ0n) is 10.9. The molecule has 1 aliphatic rings. The molecule has 0 aromatic carbocycles. The lowest BCUT2D eigenvalue weighted by molar-refractivity contribution is 0.377. The summed E-state index contributed by atoms with van der Waals surface area (Å²) in [6, 6.07) is 0. The van der Waals surface area contributed by atoms with Gasteiger partial charge in [-0.05, 0) is 44.3 Å². The molecule has 2 heterocycles. The third kappa shape index (κ3) is 4.96. The molecule has 0 unspecified atom stereocenters. The van der Waals surface area contributed by atoms with Gasteiger partial charge in [-0.3, -0.25) is 0 Å². The first kappa shape index (κ1) is 17.4. The van der Waals surface area contributed by atoms with Crippen molar-refractivity contribution in [2.45, 2.75) is 19.8 Å². The van der Waals surface area contributed by atoms with Crippen LogP contribution in [-0.2, 0) is 0 Å². The highest BCUT2D eigenvalue weighted by molar-refractivity contribution is 5.85. The summed E-state index contributed by atoms with van der Waals surface area (Å²) in [6.45, 7) is 5.36. The number of rotatable bonds is 3. The van der Waals surface area contributed by atoms with Crippen LogP contribution in [-0.4, -0.2) is 36.6 Å². The van der Waals surface area contributed by atoms with E-state index in [9.17, 15) is 0 Å². The highest BCUT2D eigenvalue weighted by atomic mass is 35.5. The standard InChI is InChI=1S/C12H20N4.2ClH/c1-10-7-14-12(15-8-10)16(2)9-11-3-5-13-6-4-11;;/h7-8,11,13H,3-6,9H2,1-2H3;2*1H. The largest absolute Gasteiger partial charge is 0.344 e. The summed E-state index contributed by atoms with van der Waals surface area (Å²) in [5, 5.41) is 3.39. The maximum atomic E-state index is 4.34. The first-order chi connectivity index (χ1) is 7.75. The Labute approximate surface area is 121 Å². The van der Waals surface area contributed by atoms with Gasteiger partial charge in [-0.25, -0.2) is 9.97 Å². The number of hydrogen-bond acceptors (Lipinski definition) is 4. The van der Waals surface area contributed by atoms with Gasteiger partial charge in [-0.15, -0.1) is 24.8 Å². The van der Waals surface area contributed by atoms with Gasteiger partial charge in [0.05, 0.1) is 0 Å². The average molecular weight is 293 g/mol. The molecule has 6 heteroatoms. The van der Waals surface area contributed by atoms with Crippen molar-refractivity contribution in [3.8, 4) is 0 Å². The first-order valence-electron chi connectivity index (χ1n) is 5.96. The molecule has 1 aromatic heterocycles. The third-order valence-corrected chi connectivity index (χ3v) is 3.10. The fraction of sp³-hybridized carbons (Fsp3) is 0.667. The van der Waals surface area contributed by atoms with Crippen LogP contribution in [0.1, 0.15) is 18.4 Å². The molecule has 0 amide bonds. The summed E-state index contributed by atoms with van der Waals surface area (Å²) in [5.41, 5.74) is 1.11. The normalized spacial score (nSPS) is 15.4. The molecule has 2 rings (SSSR count). The molecule has 1 fully saturated rings. The van der Waals surface area contributed by atoms with Crippen LogP contribution in [0.15, 0.2) is 12.4 Å². The van der Waals surface area contributed by atoms with Crippen LogP contribution in [0.4, 0.5) is 5.95 Å². The van der Waals surface area contributed by atoms with Gasteiger partial charge in [0.1, 0.15) is 0 Å². The minimum Gasteiger partial charge on any atom is -0.344 e. The van der Waals surface area contributed by atoms with Crippen molar-refractivity contribution < 1.29 is 0 Å². The Morgan fingerprint density at radius 1 is 1.22 bits per heavy atom. The van der Waals surface area contributed by atoms with E-state index in [0.29, 0.717) is 0 Å². The number of piperidine rings is 1. The van der Waals surface area contributed by atoms with Crippen molar-refractivity contribution in [1.82, 2.24) is 15.3 Å². The zero-order valence-corrected chi connectivity index (χ0v) is 12.6. The lowest BCUT2D eigenvalue weighted by Gasteiger charge is -2.27. The van der Waals surface area contributed by atoms with Gasteiger partial charge in [0.2, 0.25) is 5.95 Å². The Kier molecular flexibility index (Phi) is 8.24. The maximum absolute atomic E-state index is 4.34. The number of aryl methyl sites for hydroxylation is 1. The number of nitrogens with one attached hydrogen (secondary N) is 1. The predicted octanol–water partition coefficient (Wildman–Crippen LogP) is 2.06. The quantitative estimate of drug-likeness (QED) is 0.926. The van der Waals surface area contributed by atoms with Crippen molar-refractivity contribution in [3.63, 3.8) is 0 Å². The molecule has 0 radical (unpaired) electrons. The first-order valence-corrected chi connectivity index (χ1v) is 5.96. The van der Waals surface area contributed by atoms with E-state index in [2.05, 4.69) is 27.2 Å². The molecular formula is C12H22Cl2N4. The second-order valence-electron chi connectivity index (χ2n) is 4.63. The molecule has 1 aromatic rings. The molecular weight excluding hydrogens is 271 g/mol. The average Bonchev–Trinajstić information content (AvgIpc) is 2.31. The molecule has 0 saturated carbocycles. The molecule has 0 atom stereocenters. The lowest BCUT2D eigenvalue weighted by Crippen LogP contribution is -2.35. The van der Waals surface area contributed by atoms with Crippen molar-refractivity contribution in [3.05, 3.63) is 18.0 Å². The molecule has 1 N–H and O–H groups in total. The number of nitrogens with zero attached hydrogens (tertiary/aromatic N) is 3.